The van der Waals surface area contributed by atoms with Gasteiger partial charge in [0.15, 0.2) is 0 Å². The Bertz CT molecular complexity index is 394. The van der Waals surface area contributed by atoms with Gasteiger partial charge >= 0.3 is 0 Å². The number of likely N-dealkylation sites (N-methyl/N-ethyl adjacent to an activating group) is 1. The summed E-state index contributed by atoms with van der Waals surface area (Å²) in [6.45, 7) is 6.99. The highest BCUT2D eigenvalue weighted by molar-refractivity contribution is 5.73. The van der Waals surface area contributed by atoms with Gasteiger partial charge in [-0.1, -0.05) is 32.4 Å². The molecular weight excluding hydrogens is 224 g/mol. The Hall–Kier alpha value is -1.22. The normalized spacial score (nSPS) is 18.4. The first-order chi connectivity index (χ1) is 8.63. The van der Waals surface area contributed by atoms with Crippen LogP contribution in [0.25, 0.3) is 0 Å². The predicted octanol–water partition coefficient (Wildman–Crippen LogP) is 2.35. The lowest BCUT2D eigenvalue weighted by Crippen LogP contribution is -2.44. The standard InChI is InChI=1S/C15H24N2O/c1-4-12(2)15(18)11-17-10-9-16(3)13-7-5-6-8-14(13)17/h5-8,12,15,18H,4,9-11H2,1-3H3. The first-order valence-corrected chi connectivity index (χ1v) is 6.86. The minimum atomic E-state index is -0.244. The van der Waals surface area contributed by atoms with E-state index in [0.717, 1.165) is 26.1 Å². The molecule has 0 amide bonds. The van der Waals surface area contributed by atoms with Crippen LogP contribution in [0, 0.1) is 5.92 Å². The first-order valence-electron chi connectivity index (χ1n) is 6.86. The second-order valence-electron chi connectivity index (χ2n) is 5.31. The van der Waals surface area contributed by atoms with E-state index in [1.165, 1.54) is 11.4 Å². The van der Waals surface area contributed by atoms with Gasteiger partial charge in [-0.25, -0.2) is 0 Å². The van der Waals surface area contributed by atoms with Crippen molar-refractivity contribution < 1.29 is 5.11 Å². The van der Waals surface area contributed by atoms with Crippen LogP contribution in [0.3, 0.4) is 0 Å². The van der Waals surface area contributed by atoms with Crippen molar-refractivity contribution in [3.8, 4) is 0 Å². The number of rotatable bonds is 4. The van der Waals surface area contributed by atoms with Crippen LogP contribution in [0.1, 0.15) is 20.3 Å². The summed E-state index contributed by atoms with van der Waals surface area (Å²) < 4.78 is 0. The predicted molar refractivity (Wildman–Crippen MR) is 77.4 cm³/mol. The molecule has 1 aliphatic rings. The topological polar surface area (TPSA) is 26.7 Å². The monoisotopic (exact) mass is 248 g/mol. The largest absolute Gasteiger partial charge is 0.391 e. The molecule has 1 aromatic carbocycles. The lowest BCUT2D eigenvalue weighted by atomic mass is 10.0. The maximum absolute atomic E-state index is 10.2. The quantitative estimate of drug-likeness (QED) is 0.886. The molecule has 1 N–H and O–H groups in total. The van der Waals surface area contributed by atoms with Crippen molar-refractivity contribution in [1.29, 1.82) is 0 Å². The van der Waals surface area contributed by atoms with Crippen molar-refractivity contribution in [2.24, 2.45) is 5.92 Å². The molecule has 0 aromatic heterocycles. The zero-order valence-electron chi connectivity index (χ0n) is 11.6. The fourth-order valence-electron chi connectivity index (χ4n) is 2.43. The number of anilines is 2. The Morgan fingerprint density at radius 3 is 2.56 bits per heavy atom. The number of aliphatic hydroxyl groups excluding tert-OH is 1. The van der Waals surface area contributed by atoms with Gasteiger partial charge in [0.2, 0.25) is 0 Å². The highest BCUT2D eigenvalue weighted by Crippen LogP contribution is 2.32. The second kappa shape index (κ2) is 5.61. The molecule has 0 radical (unpaired) electrons. The highest BCUT2D eigenvalue weighted by atomic mass is 16.3. The third-order valence-electron chi connectivity index (χ3n) is 4.05. The van der Waals surface area contributed by atoms with Gasteiger partial charge in [0.05, 0.1) is 17.5 Å². The molecule has 3 heteroatoms. The van der Waals surface area contributed by atoms with Gasteiger partial charge < -0.3 is 14.9 Å². The fourth-order valence-corrected chi connectivity index (χ4v) is 2.43. The average molecular weight is 248 g/mol. The van der Waals surface area contributed by atoms with E-state index >= 15 is 0 Å². The van der Waals surface area contributed by atoms with E-state index < -0.39 is 0 Å². The maximum Gasteiger partial charge on any atom is 0.0740 e. The fraction of sp³-hybridized carbons (Fsp3) is 0.600. The van der Waals surface area contributed by atoms with Crippen molar-refractivity contribution in [3.63, 3.8) is 0 Å². The molecule has 2 rings (SSSR count). The Labute approximate surface area is 110 Å². The Balaban J connectivity index is 2.14. The van der Waals surface area contributed by atoms with Crippen LogP contribution in [0.15, 0.2) is 24.3 Å². The average Bonchev–Trinajstić information content (AvgIpc) is 2.41. The molecule has 0 fully saturated rings. The van der Waals surface area contributed by atoms with E-state index in [1.807, 2.05) is 0 Å². The number of fused-ring (bicyclic) bond motifs is 1. The number of hydrogen-bond acceptors (Lipinski definition) is 3. The lowest BCUT2D eigenvalue weighted by molar-refractivity contribution is 0.120. The van der Waals surface area contributed by atoms with Gasteiger partial charge in [0, 0.05) is 26.7 Å². The van der Waals surface area contributed by atoms with Gasteiger partial charge in [-0.15, -0.1) is 0 Å². The Kier molecular flexibility index (Phi) is 4.12. The van der Waals surface area contributed by atoms with E-state index in [4.69, 9.17) is 0 Å². The minimum Gasteiger partial charge on any atom is -0.391 e. The SMILES string of the molecule is CCC(C)C(O)CN1CCN(C)c2ccccc21. The Morgan fingerprint density at radius 2 is 1.89 bits per heavy atom. The van der Waals surface area contributed by atoms with E-state index in [-0.39, 0.29) is 6.10 Å². The van der Waals surface area contributed by atoms with Crippen LogP contribution in [-0.2, 0) is 0 Å². The second-order valence-corrected chi connectivity index (χ2v) is 5.31. The van der Waals surface area contributed by atoms with Crippen LogP contribution >= 0.6 is 0 Å². The molecule has 3 nitrogen and oxygen atoms in total. The molecule has 1 aromatic rings. The summed E-state index contributed by atoms with van der Waals surface area (Å²) in [5.74, 6) is 0.358. The summed E-state index contributed by atoms with van der Waals surface area (Å²) in [5, 5.41) is 10.2. The summed E-state index contributed by atoms with van der Waals surface area (Å²) in [6.07, 6.45) is 0.780. The highest BCUT2D eigenvalue weighted by Gasteiger charge is 2.23. The lowest BCUT2D eigenvalue weighted by Gasteiger charge is -2.38. The number of aliphatic hydroxyl groups is 1. The van der Waals surface area contributed by atoms with Gasteiger partial charge in [0.1, 0.15) is 0 Å². The molecule has 18 heavy (non-hydrogen) atoms. The van der Waals surface area contributed by atoms with Crippen molar-refractivity contribution in [1.82, 2.24) is 0 Å². The first kappa shape index (κ1) is 13.2. The van der Waals surface area contributed by atoms with Crippen LogP contribution in [-0.4, -0.2) is 37.9 Å². The van der Waals surface area contributed by atoms with Crippen LogP contribution in [0.2, 0.25) is 0 Å². The van der Waals surface area contributed by atoms with E-state index in [1.54, 1.807) is 0 Å². The summed E-state index contributed by atoms with van der Waals surface area (Å²) in [4.78, 5) is 4.59. The maximum atomic E-state index is 10.2. The minimum absolute atomic E-state index is 0.244. The van der Waals surface area contributed by atoms with Gasteiger partial charge in [-0.05, 0) is 18.1 Å². The molecule has 2 unspecified atom stereocenters. The molecule has 0 saturated heterocycles. The van der Waals surface area contributed by atoms with Gasteiger partial charge in [-0.2, -0.15) is 0 Å². The zero-order chi connectivity index (χ0) is 13.1. The van der Waals surface area contributed by atoms with E-state index in [9.17, 15) is 5.11 Å². The Morgan fingerprint density at radius 1 is 1.22 bits per heavy atom. The molecular formula is C15H24N2O. The smallest absolute Gasteiger partial charge is 0.0740 e. The molecule has 1 aliphatic heterocycles. The molecule has 1 heterocycles. The third kappa shape index (κ3) is 2.61. The van der Waals surface area contributed by atoms with Crippen molar-refractivity contribution in [2.45, 2.75) is 26.4 Å². The molecule has 0 spiro atoms. The third-order valence-corrected chi connectivity index (χ3v) is 4.05. The number of nitrogens with zero attached hydrogens (tertiary/aromatic N) is 2. The van der Waals surface area contributed by atoms with E-state index in [0.29, 0.717) is 5.92 Å². The molecule has 100 valence electrons. The van der Waals surface area contributed by atoms with Crippen molar-refractivity contribution in [2.75, 3.05) is 36.5 Å². The zero-order valence-corrected chi connectivity index (χ0v) is 11.6. The summed E-state index contributed by atoms with van der Waals surface area (Å²) in [7, 11) is 2.13. The van der Waals surface area contributed by atoms with E-state index in [2.05, 4.69) is 55.0 Å². The van der Waals surface area contributed by atoms with Crippen LogP contribution in [0.5, 0.6) is 0 Å². The molecule has 0 bridgehead atoms. The summed E-state index contributed by atoms with van der Waals surface area (Å²) in [5.41, 5.74) is 2.51. The van der Waals surface area contributed by atoms with Crippen molar-refractivity contribution >= 4 is 11.4 Å². The number of para-hydroxylation sites is 2. The summed E-state index contributed by atoms with van der Waals surface area (Å²) >= 11 is 0. The molecule has 0 aliphatic carbocycles. The number of hydrogen-bond donors (Lipinski definition) is 1. The van der Waals surface area contributed by atoms with Crippen molar-refractivity contribution in [3.05, 3.63) is 24.3 Å². The molecule has 0 saturated carbocycles. The van der Waals surface area contributed by atoms with Crippen LogP contribution < -0.4 is 9.80 Å². The summed E-state index contributed by atoms with van der Waals surface area (Å²) in [6, 6.07) is 8.44. The van der Waals surface area contributed by atoms with Gasteiger partial charge in [0.25, 0.3) is 0 Å². The van der Waals surface area contributed by atoms with Crippen LogP contribution in [0.4, 0.5) is 11.4 Å². The molecule has 2 atom stereocenters. The number of benzene rings is 1. The van der Waals surface area contributed by atoms with Gasteiger partial charge in [-0.3, -0.25) is 0 Å². The number of β-amino-alcohol motifs (C(OH)–C–C–N with tert-alkyl or cyclic N) is 1.